The molecule has 1 atom stereocenters. The zero-order valence-electron chi connectivity index (χ0n) is 9.35. The van der Waals surface area contributed by atoms with E-state index in [9.17, 15) is 4.39 Å². The van der Waals surface area contributed by atoms with Gasteiger partial charge in [0.1, 0.15) is 5.82 Å². The largest absolute Gasteiger partial charge is 0.312 e. The maximum Gasteiger partial charge on any atom is 0.127 e. The third kappa shape index (κ3) is 4.31. The fourth-order valence-electron chi connectivity index (χ4n) is 1.65. The van der Waals surface area contributed by atoms with Crippen molar-refractivity contribution >= 4 is 15.9 Å². The van der Waals surface area contributed by atoms with E-state index in [0.717, 1.165) is 16.5 Å². The minimum atomic E-state index is -0.137. The molecule has 1 N–H and O–H groups in total. The van der Waals surface area contributed by atoms with Gasteiger partial charge in [0.2, 0.25) is 0 Å². The second-order valence-corrected chi connectivity index (χ2v) is 5.08. The van der Waals surface area contributed by atoms with Crippen molar-refractivity contribution in [3.63, 3.8) is 0 Å². The quantitative estimate of drug-likeness (QED) is 0.885. The molecule has 0 heterocycles. The average Bonchev–Trinajstić information content (AvgIpc) is 2.08. The molecule has 0 bridgehead atoms. The Kier molecular flexibility index (Phi) is 4.74. The van der Waals surface area contributed by atoms with Gasteiger partial charge in [-0.05, 0) is 31.0 Å². The van der Waals surface area contributed by atoms with Crippen molar-refractivity contribution in [3.05, 3.63) is 34.1 Å². The van der Waals surface area contributed by atoms with Crippen molar-refractivity contribution in [1.82, 2.24) is 5.32 Å². The van der Waals surface area contributed by atoms with Crippen LogP contribution < -0.4 is 5.32 Å². The Labute approximate surface area is 99.2 Å². The highest BCUT2D eigenvalue weighted by Gasteiger charge is 2.08. The summed E-state index contributed by atoms with van der Waals surface area (Å²) in [6, 6.07) is 5.94. The van der Waals surface area contributed by atoms with Crippen LogP contribution in [0.15, 0.2) is 22.7 Å². The van der Waals surface area contributed by atoms with Gasteiger partial charge in [-0.15, -0.1) is 0 Å². The lowest BCUT2D eigenvalue weighted by Gasteiger charge is -2.17. The van der Waals surface area contributed by atoms with Crippen LogP contribution in [0.3, 0.4) is 0 Å². The Morgan fingerprint density at radius 1 is 1.33 bits per heavy atom. The number of hydrogen-bond acceptors (Lipinski definition) is 1. The number of benzene rings is 1. The Bertz CT molecular complexity index is 325. The van der Waals surface area contributed by atoms with Crippen LogP contribution in [-0.4, -0.2) is 12.1 Å². The molecule has 0 aliphatic heterocycles. The molecule has 15 heavy (non-hydrogen) atoms. The molecule has 0 saturated carbocycles. The van der Waals surface area contributed by atoms with Gasteiger partial charge in [0, 0.05) is 16.6 Å². The molecule has 1 rings (SSSR count). The van der Waals surface area contributed by atoms with Gasteiger partial charge in [-0.3, -0.25) is 0 Å². The molecule has 0 saturated heterocycles. The van der Waals surface area contributed by atoms with Crippen LogP contribution in [-0.2, 0) is 6.42 Å². The highest BCUT2D eigenvalue weighted by atomic mass is 79.9. The zero-order valence-corrected chi connectivity index (χ0v) is 10.9. The van der Waals surface area contributed by atoms with Crippen LogP contribution in [0.2, 0.25) is 0 Å². The van der Waals surface area contributed by atoms with Gasteiger partial charge in [0.05, 0.1) is 0 Å². The van der Waals surface area contributed by atoms with Crippen molar-refractivity contribution in [2.45, 2.75) is 39.3 Å². The minimum Gasteiger partial charge on any atom is -0.312 e. The van der Waals surface area contributed by atoms with Crippen LogP contribution >= 0.6 is 15.9 Å². The molecule has 0 spiro atoms. The van der Waals surface area contributed by atoms with Gasteiger partial charge in [0.25, 0.3) is 0 Å². The van der Waals surface area contributed by atoms with Gasteiger partial charge in [-0.1, -0.05) is 35.8 Å². The van der Waals surface area contributed by atoms with Crippen molar-refractivity contribution in [1.29, 1.82) is 0 Å². The van der Waals surface area contributed by atoms with E-state index in [1.54, 1.807) is 0 Å². The topological polar surface area (TPSA) is 12.0 Å². The molecule has 1 aromatic rings. The third-order valence-electron chi connectivity index (χ3n) is 2.16. The summed E-state index contributed by atoms with van der Waals surface area (Å²) in [4.78, 5) is 0. The van der Waals surface area contributed by atoms with E-state index in [1.165, 1.54) is 6.07 Å². The molecule has 0 amide bonds. The summed E-state index contributed by atoms with van der Waals surface area (Å²) in [5, 5.41) is 3.35. The number of halogens is 2. The van der Waals surface area contributed by atoms with E-state index in [0.29, 0.717) is 12.1 Å². The second kappa shape index (κ2) is 5.61. The summed E-state index contributed by atoms with van der Waals surface area (Å²) in [5.74, 6) is -0.137. The first-order valence-electron chi connectivity index (χ1n) is 5.19. The predicted octanol–water partition coefficient (Wildman–Crippen LogP) is 3.52. The highest BCUT2D eigenvalue weighted by molar-refractivity contribution is 9.10. The molecule has 3 heteroatoms. The maximum absolute atomic E-state index is 13.5. The lowest BCUT2D eigenvalue weighted by Crippen LogP contribution is -2.34. The van der Waals surface area contributed by atoms with E-state index in [1.807, 2.05) is 12.1 Å². The standard InChI is InChI=1S/C12H17BrFN/c1-8(2)15-9(3)6-10-4-5-11(13)7-12(10)14/h4-5,7-9,15H,6H2,1-3H3. The Morgan fingerprint density at radius 3 is 2.53 bits per heavy atom. The Morgan fingerprint density at radius 2 is 2.00 bits per heavy atom. The molecule has 1 unspecified atom stereocenters. The fourth-order valence-corrected chi connectivity index (χ4v) is 1.98. The first-order chi connectivity index (χ1) is 6.99. The average molecular weight is 274 g/mol. The van der Waals surface area contributed by atoms with E-state index >= 15 is 0 Å². The molecule has 0 aliphatic rings. The molecular weight excluding hydrogens is 257 g/mol. The van der Waals surface area contributed by atoms with E-state index in [4.69, 9.17) is 0 Å². The SMILES string of the molecule is CC(C)NC(C)Cc1ccc(Br)cc1F. The summed E-state index contributed by atoms with van der Waals surface area (Å²) < 4.78 is 14.3. The van der Waals surface area contributed by atoms with Crippen molar-refractivity contribution in [2.24, 2.45) is 0 Å². The minimum absolute atomic E-state index is 0.137. The molecule has 0 aliphatic carbocycles. The predicted molar refractivity (Wildman–Crippen MR) is 65.5 cm³/mol. The fraction of sp³-hybridized carbons (Fsp3) is 0.500. The van der Waals surface area contributed by atoms with E-state index in [-0.39, 0.29) is 5.82 Å². The van der Waals surface area contributed by atoms with Crippen molar-refractivity contribution < 1.29 is 4.39 Å². The first-order valence-corrected chi connectivity index (χ1v) is 5.98. The van der Waals surface area contributed by atoms with Crippen LogP contribution in [0.5, 0.6) is 0 Å². The third-order valence-corrected chi connectivity index (χ3v) is 2.65. The maximum atomic E-state index is 13.5. The monoisotopic (exact) mass is 273 g/mol. The molecule has 0 radical (unpaired) electrons. The zero-order chi connectivity index (χ0) is 11.4. The Hall–Kier alpha value is -0.410. The number of rotatable bonds is 4. The van der Waals surface area contributed by atoms with Crippen LogP contribution in [0.1, 0.15) is 26.3 Å². The number of hydrogen-bond donors (Lipinski definition) is 1. The molecule has 1 nitrogen and oxygen atoms in total. The summed E-state index contributed by atoms with van der Waals surface area (Å²) in [7, 11) is 0. The number of nitrogens with one attached hydrogen (secondary N) is 1. The summed E-state index contributed by atoms with van der Waals surface area (Å²) in [6.45, 7) is 6.25. The first kappa shape index (κ1) is 12.7. The van der Waals surface area contributed by atoms with Gasteiger partial charge in [0.15, 0.2) is 0 Å². The van der Waals surface area contributed by atoms with Gasteiger partial charge in [-0.25, -0.2) is 4.39 Å². The highest BCUT2D eigenvalue weighted by Crippen LogP contribution is 2.16. The smallest absolute Gasteiger partial charge is 0.127 e. The Balaban J connectivity index is 2.64. The molecule has 0 aromatic heterocycles. The molecular formula is C12H17BrFN. The lowest BCUT2D eigenvalue weighted by molar-refractivity contribution is 0.478. The second-order valence-electron chi connectivity index (χ2n) is 4.16. The lowest BCUT2D eigenvalue weighted by atomic mass is 10.1. The van der Waals surface area contributed by atoms with Gasteiger partial charge < -0.3 is 5.32 Å². The molecule has 84 valence electrons. The van der Waals surface area contributed by atoms with Crippen LogP contribution in [0.4, 0.5) is 4.39 Å². The summed E-state index contributed by atoms with van der Waals surface area (Å²) in [6.07, 6.45) is 0.720. The van der Waals surface area contributed by atoms with Crippen LogP contribution in [0, 0.1) is 5.82 Å². The van der Waals surface area contributed by atoms with E-state index < -0.39 is 0 Å². The van der Waals surface area contributed by atoms with Crippen molar-refractivity contribution in [2.75, 3.05) is 0 Å². The molecule has 1 aromatic carbocycles. The van der Waals surface area contributed by atoms with Gasteiger partial charge in [-0.2, -0.15) is 0 Å². The normalized spacial score (nSPS) is 13.2. The summed E-state index contributed by atoms with van der Waals surface area (Å²) >= 11 is 3.25. The van der Waals surface area contributed by atoms with Gasteiger partial charge >= 0.3 is 0 Å². The van der Waals surface area contributed by atoms with E-state index in [2.05, 4.69) is 42.0 Å². The van der Waals surface area contributed by atoms with Crippen LogP contribution in [0.25, 0.3) is 0 Å². The summed E-state index contributed by atoms with van der Waals surface area (Å²) in [5.41, 5.74) is 0.763. The van der Waals surface area contributed by atoms with Crippen molar-refractivity contribution in [3.8, 4) is 0 Å². The molecule has 0 fully saturated rings.